The van der Waals surface area contributed by atoms with Gasteiger partial charge in [0.25, 0.3) is 11.5 Å². The number of benzene rings is 2. The Morgan fingerprint density at radius 2 is 2.03 bits per heavy atom. The molecule has 150 valence electrons. The van der Waals surface area contributed by atoms with Gasteiger partial charge in [-0.05, 0) is 42.8 Å². The number of nitrogens with one attached hydrogen (secondary N) is 2. The van der Waals surface area contributed by atoms with E-state index in [0.717, 1.165) is 0 Å². The van der Waals surface area contributed by atoms with Gasteiger partial charge in [0, 0.05) is 6.54 Å². The van der Waals surface area contributed by atoms with E-state index in [1.165, 1.54) is 7.11 Å². The van der Waals surface area contributed by atoms with E-state index in [1.807, 2.05) is 6.92 Å². The number of para-hydroxylation sites is 1. The minimum absolute atomic E-state index is 0.109. The summed E-state index contributed by atoms with van der Waals surface area (Å²) in [6.45, 7) is 2.26. The number of hydrogen-bond donors (Lipinski definition) is 2. The van der Waals surface area contributed by atoms with E-state index in [4.69, 9.17) is 21.1 Å². The molecule has 2 N–H and O–H groups in total. The number of amides is 1. The number of rotatable bonds is 7. The molecule has 0 atom stereocenters. The number of halogens is 1. The van der Waals surface area contributed by atoms with E-state index in [1.54, 1.807) is 48.5 Å². The number of hydrogen-bond acceptors (Lipinski definition) is 5. The van der Waals surface area contributed by atoms with Crippen molar-refractivity contribution >= 4 is 39.5 Å². The minimum atomic E-state index is -0.260. The van der Waals surface area contributed by atoms with Gasteiger partial charge in [-0.25, -0.2) is 4.98 Å². The van der Waals surface area contributed by atoms with Crippen LogP contribution in [-0.2, 0) is 4.79 Å². The van der Waals surface area contributed by atoms with Crippen molar-refractivity contribution in [1.29, 1.82) is 0 Å². The van der Waals surface area contributed by atoms with E-state index in [2.05, 4.69) is 15.3 Å². The molecule has 7 nitrogen and oxygen atoms in total. The number of carbonyl (C=O) groups is 1. The Morgan fingerprint density at radius 3 is 2.79 bits per heavy atom. The monoisotopic (exact) mass is 413 g/mol. The number of carbonyl (C=O) groups excluding carboxylic acids is 1. The Bertz CT molecular complexity index is 1120. The van der Waals surface area contributed by atoms with Gasteiger partial charge in [0.1, 0.15) is 0 Å². The van der Waals surface area contributed by atoms with E-state index >= 15 is 0 Å². The summed E-state index contributed by atoms with van der Waals surface area (Å²) in [7, 11) is 1.51. The maximum absolute atomic E-state index is 12.2. The number of likely N-dealkylation sites (N-methyl/N-ethyl adjacent to an activating group) is 1. The van der Waals surface area contributed by atoms with Crippen LogP contribution in [0.15, 0.2) is 47.3 Å². The van der Waals surface area contributed by atoms with Gasteiger partial charge in [-0.1, -0.05) is 29.8 Å². The SMILES string of the molecule is CCNC(=O)COc1ccc(/C=C(\Cl)c2nc3ccccc3c(=O)[nH]2)cc1OC. The summed E-state index contributed by atoms with van der Waals surface area (Å²) < 4.78 is 10.8. The molecule has 0 radical (unpaired) electrons. The Hall–Kier alpha value is -3.32. The topological polar surface area (TPSA) is 93.3 Å². The van der Waals surface area contributed by atoms with Crippen LogP contribution in [0.1, 0.15) is 18.3 Å². The number of fused-ring (bicyclic) bond motifs is 1. The summed E-state index contributed by atoms with van der Waals surface area (Å²) in [6.07, 6.45) is 1.66. The van der Waals surface area contributed by atoms with Crippen molar-refractivity contribution < 1.29 is 14.3 Å². The number of aromatic amines is 1. The first-order valence-corrected chi connectivity index (χ1v) is 9.33. The van der Waals surface area contributed by atoms with Crippen LogP contribution in [0.3, 0.4) is 0 Å². The normalized spacial score (nSPS) is 11.3. The third-order valence-corrected chi connectivity index (χ3v) is 4.34. The molecule has 0 unspecified atom stereocenters. The van der Waals surface area contributed by atoms with Crippen molar-refractivity contribution in [2.75, 3.05) is 20.3 Å². The summed E-state index contributed by atoms with van der Waals surface area (Å²) in [5.74, 6) is 0.940. The van der Waals surface area contributed by atoms with Gasteiger partial charge in [0.15, 0.2) is 23.9 Å². The van der Waals surface area contributed by atoms with E-state index in [9.17, 15) is 9.59 Å². The van der Waals surface area contributed by atoms with Crippen molar-refractivity contribution in [3.05, 3.63) is 64.2 Å². The van der Waals surface area contributed by atoms with E-state index in [-0.39, 0.29) is 28.9 Å². The standard InChI is InChI=1S/C21H20ClN3O4/c1-3-23-19(26)12-29-17-9-8-13(11-18(17)28-2)10-15(22)20-24-16-7-5-4-6-14(16)21(27)25-20/h4-11H,3,12H2,1-2H3,(H,23,26)(H,24,25,27)/b15-10-. The molecule has 0 bridgehead atoms. The maximum atomic E-state index is 12.2. The molecular weight excluding hydrogens is 394 g/mol. The second-order valence-electron chi connectivity index (χ2n) is 6.08. The molecular formula is C21H20ClN3O4. The highest BCUT2D eigenvalue weighted by molar-refractivity contribution is 6.50. The van der Waals surface area contributed by atoms with Gasteiger partial charge in [-0.15, -0.1) is 0 Å². The molecule has 0 aliphatic carbocycles. The van der Waals surface area contributed by atoms with Crippen LogP contribution >= 0.6 is 11.6 Å². The summed E-state index contributed by atoms with van der Waals surface area (Å²) in [5.41, 5.74) is 1.02. The second-order valence-corrected chi connectivity index (χ2v) is 6.48. The molecule has 0 saturated carbocycles. The van der Waals surface area contributed by atoms with Crippen LogP contribution in [0.4, 0.5) is 0 Å². The molecule has 29 heavy (non-hydrogen) atoms. The molecule has 0 fully saturated rings. The number of aromatic nitrogens is 2. The minimum Gasteiger partial charge on any atom is -0.493 e. The molecule has 8 heteroatoms. The van der Waals surface area contributed by atoms with Crippen molar-refractivity contribution in [3.63, 3.8) is 0 Å². The van der Waals surface area contributed by atoms with Gasteiger partial charge in [0.2, 0.25) is 0 Å². The number of H-pyrrole nitrogens is 1. The third kappa shape index (κ3) is 4.94. The molecule has 2 aromatic carbocycles. The highest BCUT2D eigenvalue weighted by Gasteiger charge is 2.10. The zero-order chi connectivity index (χ0) is 20.8. The quantitative estimate of drug-likeness (QED) is 0.620. The molecule has 0 aliphatic heterocycles. The summed E-state index contributed by atoms with van der Waals surface area (Å²) >= 11 is 6.39. The molecule has 0 aliphatic rings. The van der Waals surface area contributed by atoms with Crippen molar-refractivity contribution in [2.24, 2.45) is 0 Å². The Kier molecular flexibility index (Phi) is 6.51. The molecule has 0 saturated heterocycles. The summed E-state index contributed by atoms with van der Waals surface area (Å²) in [6, 6.07) is 12.2. The van der Waals surface area contributed by atoms with Crippen molar-refractivity contribution in [3.8, 4) is 11.5 Å². The van der Waals surface area contributed by atoms with Gasteiger partial charge >= 0.3 is 0 Å². The third-order valence-electron chi connectivity index (χ3n) is 4.05. The predicted molar refractivity (Wildman–Crippen MR) is 113 cm³/mol. The van der Waals surface area contributed by atoms with Crippen molar-refractivity contribution in [1.82, 2.24) is 15.3 Å². The fraction of sp³-hybridized carbons (Fsp3) is 0.190. The van der Waals surface area contributed by atoms with Gasteiger partial charge in [-0.3, -0.25) is 9.59 Å². The van der Waals surface area contributed by atoms with E-state index in [0.29, 0.717) is 34.5 Å². The lowest BCUT2D eigenvalue weighted by Gasteiger charge is -2.11. The summed E-state index contributed by atoms with van der Waals surface area (Å²) in [4.78, 5) is 30.9. The Balaban J connectivity index is 1.86. The van der Waals surface area contributed by atoms with E-state index < -0.39 is 0 Å². The van der Waals surface area contributed by atoms with Crippen LogP contribution in [0.2, 0.25) is 0 Å². The van der Waals surface area contributed by atoms with Crippen LogP contribution in [0, 0.1) is 0 Å². The zero-order valence-corrected chi connectivity index (χ0v) is 16.7. The average molecular weight is 414 g/mol. The van der Waals surface area contributed by atoms with Crippen LogP contribution in [-0.4, -0.2) is 36.1 Å². The lowest BCUT2D eigenvalue weighted by Crippen LogP contribution is -2.28. The molecule has 1 amide bonds. The first kappa shape index (κ1) is 20.4. The van der Waals surface area contributed by atoms with Gasteiger partial charge < -0.3 is 19.8 Å². The average Bonchev–Trinajstić information content (AvgIpc) is 2.72. The Labute approximate surface area is 172 Å². The molecule has 1 heterocycles. The van der Waals surface area contributed by atoms with Crippen LogP contribution in [0.5, 0.6) is 11.5 Å². The second kappa shape index (κ2) is 9.25. The first-order chi connectivity index (χ1) is 14.0. The molecule has 1 aromatic heterocycles. The van der Waals surface area contributed by atoms with Gasteiger partial charge in [-0.2, -0.15) is 0 Å². The fourth-order valence-electron chi connectivity index (χ4n) is 2.70. The Morgan fingerprint density at radius 1 is 1.24 bits per heavy atom. The summed E-state index contributed by atoms with van der Waals surface area (Å²) in [5, 5.41) is 3.42. The first-order valence-electron chi connectivity index (χ1n) is 8.96. The number of ether oxygens (including phenoxy) is 2. The van der Waals surface area contributed by atoms with Crippen LogP contribution in [0.25, 0.3) is 22.0 Å². The maximum Gasteiger partial charge on any atom is 0.259 e. The highest BCUT2D eigenvalue weighted by atomic mass is 35.5. The molecule has 0 spiro atoms. The number of methoxy groups -OCH3 is 1. The van der Waals surface area contributed by atoms with Gasteiger partial charge in [0.05, 0.1) is 23.0 Å². The number of nitrogens with zero attached hydrogens (tertiary/aromatic N) is 1. The largest absolute Gasteiger partial charge is 0.493 e. The fourth-order valence-corrected chi connectivity index (χ4v) is 2.91. The van der Waals surface area contributed by atoms with Crippen molar-refractivity contribution in [2.45, 2.75) is 6.92 Å². The zero-order valence-electron chi connectivity index (χ0n) is 16.0. The molecule has 3 aromatic rings. The predicted octanol–water partition coefficient (Wildman–Crippen LogP) is 3.18. The highest BCUT2D eigenvalue weighted by Crippen LogP contribution is 2.30. The molecule has 3 rings (SSSR count). The lowest BCUT2D eigenvalue weighted by molar-refractivity contribution is -0.123. The van der Waals surface area contributed by atoms with Crippen LogP contribution < -0.4 is 20.3 Å². The lowest BCUT2D eigenvalue weighted by atomic mass is 10.2. The smallest absolute Gasteiger partial charge is 0.259 e.